The first-order chi connectivity index (χ1) is 26.2. The summed E-state index contributed by atoms with van der Waals surface area (Å²) in [5.74, 6) is 0.829. The van der Waals surface area contributed by atoms with E-state index in [0.717, 1.165) is 33.9 Å². The van der Waals surface area contributed by atoms with Gasteiger partial charge in [-0.2, -0.15) is 0 Å². The van der Waals surface area contributed by atoms with E-state index in [1.807, 2.05) is 12.1 Å². The lowest BCUT2D eigenvalue weighted by atomic mass is 9.92. The fourth-order valence-corrected chi connectivity index (χ4v) is 7.46. The van der Waals surface area contributed by atoms with Crippen molar-refractivity contribution in [1.82, 2.24) is 0 Å². The van der Waals surface area contributed by atoms with Crippen LogP contribution >= 0.6 is 0 Å². The Morgan fingerprint density at radius 3 is 1.64 bits per heavy atom. The number of nitrogens with zero attached hydrogens (tertiary/aromatic N) is 1. The van der Waals surface area contributed by atoms with Crippen molar-refractivity contribution in [2.24, 2.45) is 0 Å². The maximum atomic E-state index is 5.50. The van der Waals surface area contributed by atoms with Gasteiger partial charge in [-0.1, -0.05) is 152 Å². The summed E-state index contributed by atoms with van der Waals surface area (Å²) in [6, 6.07) is 67.1. The number of rotatable bonds is 9. The van der Waals surface area contributed by atoms with E-state index in [0.29, 0.717) is 0 Å². The molecule has 2 heteroatoms. The Morgan fingerprint density at radius 2 is 0.981 bits per heavy atom. The van der Waals surface area contributed by atoms with Crippen molar-refractivity contribution in [3.05, 3.63) is 216 Å². The average Bonchev–Trinajstić information content (AvgIpc) is 3.23. The lowest BCUT2D eigenvalue weighted by Crippen LogP contribution is -2.10. The zero-order valence-electron chi connectivity index (χ0n) is 29.5. The van der Waals surface area contributed by atoms with E-state index < -0.39 is 0 Å². The van der Waals surface area contributed by atoms with Gasteiger partial charge in [-0.15, -0.1) is 0 Å². The molecule has 0 unspecified atom stereocenters. The van der Waals surface area contributed by atoms with Gasteiger partial charge >= 0.3 is 0 Å². The molecule has 0 radical (unpaired) electrons. The van der Waals surface area contributed by atoms with Crippen LogP contribution in [0.3, 0.4) is 0 Å². The summed E-state index contributed by atoms with van der Waals surface area (Å²) in [6.07, 6.45) is 6.72. The summed E-state index contributed by atoms with van der Waals surface area (Å²) in [4.78, 5) is 2.29. The lowest BCUT2D eigenvalue weighted by Gasteiger charge is -2.26. The topological polar surface area (TPSA) is 12.5 Å². The molecule has 0 saturated heterocycles. The van der Waals surface area contributed by atoms with Crippen LogP contribution in [-0.4, -0.2) is 7.11 Å². The van der Waals surface area contributed by atoms with Crippen molar-refractivity contribution < 1.29 is 4.74 Å². The number of anilines is 3. The number of hydrogen-bond acceptors (Lipinski definition) is 2. The zero-order valence-corrected chi connectivity index (χ0v) is 29.5. The number of hydrogen-bond donors (Lipinski definition) is 0. The molecule has 0 heterocycles. The fourth-order valence-electron chi connectivity index (χ4n) is 7.46. The molecule has 0 aliphatic rings. The van der Waals surface area contributed by atoms with E-state index in [9.17, 15) is 0 Å². The Morgan fingerprint density at radius 1 is 0.434 bits per heavy atom. The smallest absolute Gasteiger partial charge is 0.119 e. The SMILES string of the molecule is COc1ccc(N(c2ccc(C=Cc3ccc4ccc5cccc6ccc3c4c56)cc2)c2ccc(C(=Cc3ccccc3)c3ccccc3)cc2)cc1. The Balaban J connectivity index is 1.05. The van der Waals surface area contributed by atoms with Crippen molar-refractivity contribution in [2.45, 2.75) is 0 Å². The summed E-state index contributed by atoms with van der Waals surface area (Å²) in [5.41, 5.74) is 10.3. The third kappa shape index (κ3) is 6.32. The quantitative estimate of drug-likeness (QED) is 0.111. The molecule has 0 atom stereocenters. The minimum absolute atomic E-state index is 0.829. The van der Waals surface area contributed by atoms with Gasteiger partial charge in [0.1, 0.15) is 5.75 Å². The molecule has 0 spiro atoms. The highest BCUT2D eigenvalue weighted by atomic mass is 16.5. The van der Waals surface area contributed by atoms with E-state index in [4.69, 9.17) is 4.74 Å². The number of ether oxygens (including phenoxy) is 1. The molecule has 0 fully saturated rings. The fraction of sp³-hybridized carbons (Fsp3) is 0.0196. The molecular weight excluding hydrogens is 643 g/mol. The Bertz CT molecular complexity index is 2690. The van der Waals surface area contributed by atoms with Crippen LogP contribution in [0.1, 0.15) is 27.8 Å². The molecule has 0 aliphatic heterocycles. The standard InChI is InChI=1S/C51H37NO/c1-53-47-32-30-46(31-33-47)52(45-28-23-40(24-29-45)49(38-11-6-3-7-12-38)35-37-9-4-2-5-10-37)44-26-16-36(17-27-44)15-18-39-19-20-43-22-21-41-13-8-14-42-25-34-48(39)51(43)50(41)42/h2-35H,1H3. The van der Waals surface area contributed by atoms with Crippen LogP contribution in [0.5, 0.6) is 5.75 Å². The van der Waals surface area contributed by atoms with Crippen LogP contribution in [0.2, 0.25) is 0 Å². The van der Waals surface area contributed by atoms with Gasteiger partial charge in [0.2, 0.25) is 0 Å². The first-order valence-corrected chi connectivity index (χ1v) is 18.0. The van der Waals surface area contributed by atoms with Crippen molar-refractivity contribution in [3.8, 4) is 5.75 Å². The van der Waals surface area contributed by atoms with Crippen LogP contribution < -0.4 is 9.64 Å². The van der Waals surface area contributed by atoms with Crippen molar-refractivity contribution in [2.75, 3.05) is 12.0 Å². The van der Waals surface area contributed by atoms with Crippen molar-refractivity contribution >= 4 is 73.2 Å². The van der Waals surface area contributed by atoms with Crippen molar-refractivity contribution in [1.29, 1.82) is 0 Å². The minimum Gasteiger partial charge on any atom is -0.497 e. The Kier molecular flexibility index (Phi) is 8.47. The molecular formula is C51H37NO. The highest BCUT2D eigenvalue weighted by molar-refractivity contribution is 6.24. The second kappa shape index (κ2) is 14.0. The number of benzene rings is 9. The van der Waals surface area contributed by atoms with E-state index in [1.54, 1.807) is 7.11 Å². The summed E-state index contributed by atoms with van der Waals surface area (Å²) >= 11 is 0. The van der Waals surface area contributed by atoms with E-state index in [2.05, 4.69) is 199 Å². The molecule has 252 valence electrons. The number of methoxy groups -OCH3 is 1. The second-order valence-corrected chi connectivity index (χ2v) is 13.4. The predicted molar refractivity (Wildman–Crippen MR) is 227 cm³/mol. The monoisotopic (exact) mass is 679 g/mol. The molecule has 0 aliphatic carbocycles. The van der Waals surface area contributed by atoms with E-state index in [-0.39, 0.29) is 0 Å². The van der Waals surface area contributed by atoms with Crippen LogP contribution in [-0.2, 0) is 0 Å². The summed E-state index contributed by atoms with van der Waals surface area (Å²) in [7, 11) is 1.70. The zero-order chi connectivity index (χ0) is 35.6. The predicted octanol–water partition coefficient (Wildman–Crippen LogP) is 13.8. The van der Waals surface area contributed by atoms with Gasteiger partial charge in [0.15, 0.2) is 0 Å². The first-order valence-electron chi connectivity index (χ1n) is 18.0. The van der Waals surface area contributed by atoms with Crippen molar-refractivity contribution in [3.63, 3.8) is 0 Å². The summed E-state index contributed by atoms with van der Waals surface area (Å²) < 4.78 is 5.50. The van der Waals surface area contributed by atoms with Crippen LogP contribution in [0, 0.1) is 0 Å². The second-order valence-electron chi connectivity index (χ2n) is 13.4. The van der Waals surface area contributed by atoms with Gasteiger partial charge in [-0.3, -0.25) is 0 Å². The lowest BCUT2D eigenvalue weighted by molar-refractivity contribution is 0.415. The Hall–Kier alpha value is -6.90. The third-order valence-corrected chi connectivity index (χ3v) is 10.1. The first kappa shape index (κ1) is 32.0. The molecule has 53 heavy (non-hydrogen) atoms. The highest BCUT2D eigenvalue weighted by Gasteiger charge is 2.15. The Labute approximate surface area is 310 Å². The van der Waals surface area contributed by atoms with E-state index in [1.165, 1.54) is 54.6 Å². The van der Waals surface area contributed by atoms with Crippen LogP contribution in [0.25, 0.3) is 56.1 Å². The molecule has 0 aromatic heterocycles. The van der Waals surface area contributed by atoms with Gasteiger partial charge in [0.05, 0.1) is 7.11 Å². The van der Waals surface area contributed by atoms with Gasteiger partial charge in [0.25, 0.3) is 0 Å². The largest absolute Gasteiger partial charge is 0.497 e. The third-order valence-electron chi connectivity index (χ3n) is 10.1. The van der Waals surface area contributed by atoms with Crippen LogP contribution in [0.4, 0.5) is 17.1 Å². The molecule has 0 bridgehead atoms. The molecule has 0 saturated carbocycles. The highest BCUT2D eigenvalue weighted by Crippen LogP contribution is 2.39. The van der Waals surface area contributed by atoms with Gasteiger partial charge in [-0.25, -0.2) is 0 Å². The molecule has 9 aromatic carbocycles. The molecule has 2 nitrogen and oxygen atoms in total. The van der Waals surface area contributed by atoms with Crippen LogP contribution in [0.15, 0.2) is 188 Å². The molecule has 9 rings (SSSR count). The molecule has 0 N–H and O–H groups in total. The normalized spacial score (nSPS) is 11.9. The average molecular weight is 680 g/mol. The maximum Gasteiger partial charge on any atom is 0.119 e. The maximum absolute atomic E-state index is 5.50. The van der Waals surface area contributed by atoms with E-state index >= 15 is 0 Å². The summed E-state index contributed by atoms with van der Waals surface area (Å²) in [6.45, 7) is 0. The molecule has 0 amide bonds. The summed E-state index contributed by atoms with van der Waals surface area (Å²) in [5, 5.41) is 7.81. The molecule has 9 aromatic rings. The van der Waals surface area contributed by atoms with Gasteiger partial charge in [0, 0.05) is 17.1 Å². The van der Waals surface area contributed by atoms with Gasteiger partial charge < -0.3 is 9.64 Å². The van der Waals surface area contributed by atoms with Gasteiger partial charge in [-0.05, 0) is 120 Å². The minimum atomic E-state index is 0.829.